The molecule has 21 heavy (non-hydrogen) atoms. The van der Waals surface area contributed by atoms with Gasteiger partial charge in [-0.2, -0.15) is 0 Å². The summed E-state index contributed by atoms with van der Waals surface area (Å²) in [4.78, 5) is 16.6. The fourth-order valence-corrected chi connectivity index (χ4v) is 3.15. The number of ether oxygens (including phenoxy) is 1. The van der Waals surface area contributed by atoms with Gasteiger partial charge in [0, 0.05) is 30.9 Å². The van der Waals surface area contributed by atoms with Crippen LogP contribution in [0.3, 0.4) is 0 Å². The van der Waals surface area contributed by atoms with Crippen molar-refractivity contribution in [3.63, 3.8) is 0 Å². The lowest BCUT2D eigenvalue weighted by molar-refractivity contribution is -0.136. The van der Waals surface area contributed by atoms with Crippen LogP contribution in [0.5, 0.6) is 0 Å². The van der Waals surface area contributed by atoms with Crippen LogP contribution in [0.1, 0.15) is 25.0 Å². The molecular formula is C16H22N2O3. The van der Waals surface area contributed by atoms with Crippen molar-refractivity contribution in [1.29, 1.82) is 0 Å². The van der Waals surface area contributed by atoms with Crippen LogP contribution in [0.25, 0.3) is 0 Å². The van der Waals surface area contributed by atoms with Gasteiger partial charge in [-0.1, -0.05) is 18.2 Å². The van der Waals surface area contributed by atoms with Gasteiger partial charge in [-0.15, -0.1) is 0 Å². The van der Waals surface area contributed by atoms with E-state index in [-0.39, 0.29) is 11.9 Å². The van der Waals surface area contributed by atoms with Gasteiger partial charge in [0.15, 0.2) is 0 Å². The highest BCUT2D eigenvalue weighted by molar-refractivity contribution is 5.85. The van der Waals surface area contributed by atoms with E-state index in [0.717, 1.165) is 11.3 Å². The van der Waals surface area contributed by atoms with E-state index >= 15 is 0 Å². The number of fused-ring (bicyclic) bond motifs is 1. The predicted molar refractivity (Wildman–Crippen MR) is 80.2 cm³/mol. The quantitative estimate of drug-likeness (QED) is 0.888. The molecule has 2 aliphatic rings. The summed E-state index contributed by atoms with van der Waals surface area (Å²) in [7, 11) is 0. The molecule has 1 N–H and O–H groups in total. The number of hydrogen-bond donors (Lipinski definition) is 1. The molecule has 2 atom stereocenters. The normalized spacial score (nSPS) is 23.6. The topological polar surface area (TPSA) is 53.0 Å². The Labute approximate surface area is 125 Å². The molecule has 0 saturated carbocycles. The van der Waals surface area contributed by atoms with Gasteiger partial charge >= 0.3 is 0 Å². The minimum absolute atomic E-state index is 0.143. The number of amides is 1. The van der Waals surface area contributed by atoms with Gasteiger partial charge in [0.2, 0.25) is 5.91 Å². The van der Waals surface area contributed by atoms with Gasteiger partial charge in [-0.25, -0.2) is 0 Å². The largest absolute Gasteiger partial charge is 0.388 e. The first kappa shape index (κ1) is 14.4. The third kappa shape index (κ3) is 2.76. The van der Waals surface area contributed by atoms with E-state index < -0.39 is 6.10 Å². The molecule has 0 radical (unpaired) electrons. The Morgan fingerprint density at radius 2 is 2.00 bits per heavy atom. The van der Waals surface area contributed by atoms with Crippen molar-refractivity contribution in [3.8, 4) is 0 Å². The van der Waals surface area contributed by atoms with Crippen molar-refractivity contribution in [3.05, 3.63) is 29.8 Å². The zero-order valence-corrected chi connectivity index (χ0v) is 12.4. The summed E-state index contributed by atoms with van der Waals surface area (Å²) in [5.41, 5.74) is 1.90. The predicted octanol–water partition coefficient (Wildman–Crippen LogP) is 1.18. The molecule has 0 spiro atoms. The minimum atomic E-state index is -0.428. The molecule has 0 bridgehead atoms. The lowest BCUT2D eigenvalue weighted by Gasteiger charge is -2.39. The maximum atomic E-state index is 12.7. The zero-order valence-electron chi connectivity index (χ0n) is 12.4. The summed E-state index contributed by atoms with van der Waals surface area (Å²) in [6.45, 7) is 5.23. The molecule has 1 amide bonds. The number of aliphatic hydroxyl groups excluding tert-OH is 1. The number of aliphatic hydroxyl groups is 1. The van der Waals surface area contributed by atoms with Crippen molar-refractivity contribution in [2.24, 2.45) is 0 Å². The summed E-state index contributed by atoms with van der Waals surface area (Å²) in [5.74, 6) is 0.143. The second kappa shape index (κ2) is 6.03. The average molecular weight is 290 g/mol. The van der Waals surface area contributed by atoms with Crippen LogP contribution in [0, 0.1) is 0 Å². The van der Waals surface area contributed by atoms with Crippen LogP contribution in [0.4, 0.5) is 5.69 Å². The van der Waals surface area contributed by atoms with E-state index in [1.165, 1.54) is 0 Å². The molecule has 1 saturated heterocycles. The Kier molecular flexibility index (Phi) is 4.12. The monoisotopic (exact) mass is 290 g/mol. The number of rotatable bonds is 2. The molecule has 2 aliphatic heterocycles. The Balaban J connectivity index is 1.80. The molecule has 2 unspecified atom stereocenters. The summed E-state index contributed by atoms with van der Waals surface area (Å²) in [6, 6.07) is 7.60. The van der Waals surface area contributed by atoms with E-state index in [4.69, 9.17) is 4.74 Å². The van der Waals surface area contributed by atoms with Crippen LogP contribution in [-0.4, -0.2) is 54.8 Å². The van der Waals surface area contributed by atoms with Gasteiger partial charge in [-0.3, -0.25) is 4.79 Å². The highest BCUT2D eigenvalue weighted by Gasteiger charge is 2.32. The first-order valence-electron chi connectivity index (χ1n) is 7.58. The SMILES string of the molecule is CC(C(=O)N1CCOCC1)N1CCC(O)c2ccccc21. The van der Waals surface area contributed by atoms with Crippen molar-refractivity contribution >= 4 is 11.6 Å². The van der Waals surface area contributed by atoms with Crippen LogP contribution >= 0.6 is 0 Å². The third-order valence-corrected chi connectivity index (χ3v) is 4.40. The Morgan fingerprint density at radius 3 is 2.76 bits per heavy atom. The smallest absolute Gasteiger partial charge is 0.245 e. The van der Waals surface area contributed by atoms with Gasteiger partial charge in [-0.05, 0) is 19.4 Å². The number of anilines is 1. The molecule has 0 aromatic heterocycles. The highest BCUT2D eigenvalue weighted by atomic mass is 16.5. The van der Waals surface area contributed by atoms with Crippen molar-refractivity contribution in [1.82, 2.24) is 4.90 Å². The van der Waals surface area contributed by atoms with Crippen LogP contribution in [0.15, 0.2) is 24.3 Å². The lowest BCUT2D eigenvalue weighted by atomic mass is 9.97. The summed E-state index contributed by atoms with van der Waals surface area (Å²) < 4.78 is 5.30. The summed E-state index contributed by atoms with van der Waals surface area (Å²) in [6.07, 6.45) is 0.237. The molecule has 0 aliphatic carbocycles. The molecule has 5 nitrogen and oxygen atoms in total. The third-order valence-electron chi connectivity index (χ3n) is 4.40. The number of morpholine rings is 1. The number of carbonyl (C=O) groups is 1. The minimum Gasteiger partial charge on any atom is -0.388 e. The van der Waals surface area contributed by atoms with E-state index in [1.54, 1.807) is 0 Å². The maximum Gasteiger partial charge on any atom is 0.245 e. The average Bonchev–Trinajstić information content (AvgIpc) is 2.55. The van der Waals surface area contributed by atoms with Gasteiger partial charge in [0.1, 0.15) is 6.04 Å². The molecule has 3 rings (SSSR count). The van der Waals surface area contributed by atoms with E-state index in [9.17, 15) is 9.90 Å². The molecule has 5 heteroatoms. The summed E-state index contributed by atoms with van der Waals surface area (Å²) >= 11 is 0. The van der Waals surface area contributed by atoms with Gasteiger partial charge in [0.05, 0.1) is 19.3 Å². The number of carbonyl (C=O) groups excluding carboxylic acids is 1. The molecule has 114 valence electrons. The van der Waals surface area contributed by atoms with Gasteiger partial charge in [0.25, 0.3) is 0 Å². The molecular weight excluding hydrogens is 268 g/mol. The molecule has 1 aromatic rings. The number of benzene rings is 1. The van der Waals surface area contributed by atoms with E-state index in [2.05, 4.69) is 4.90 Å². The fourth-order valence-electron chi connectivity index (χ4n) is 3.15. The number of para-hydroxylation sites is 1. The van der Waals surface area contributed by atoms with Gasteiger partial charge < -0.3 is 19.6 Å². The second-order valence-electron chi connectivity index (χ2n) is 5.67. The lowest BCUT2D eigenvalue weighted by Crippen LogP contribution is -2.52. The first-order valence-corrected chi connectivity index (χ1v) is 7.58. The molecule has 1 fully saturated rings. The molecule has 2 heterocycles. The maximum absolute atomic E-state index is 12.7. The number of nitrogens with zero attached hydrogens (tertiary/aromatic N) is 2. The van der Waals surface area contributed by atoms with Crippen LogP contribution in [0.2, 0.25) is 0 Å². The van der Waals surface area contributed by atoms with E-state index in [0.29, 0.717) is 39.3 Å². The summed E-state index contributed by atoms with van der Waals surface area (Å²) in [5, 5.41) is 10.1. The fraction of sp³-hybridized carbons (Fsp3) is 0.562. The van der Waals surface area contributed by atoms with Crippen LogP contribution < -0.4 is 4.90 Å². The van der Waals surface area contributed by atoms with E-state index in [1.807, 2.05) is 36.1 Å². The number of hydrogen-bond acceptors (Lipinski definition) is 4. The Bertz CT molecular complexity index is 514. The first-order chi connectivity index (χ1) is 10.2. The van der Waals surface area contributed by atoms with Crippen molar-refractivity contribution in [2.45, 2.75) is 25.5 Å². The van der Waals surface area contributed by atoms with Crippen molar-refractivity contribution in [2.75, 3.05) is 37.7 Å². The Hall–Kier alpha value is -1.59. The highest BCUT2D eigenvalue weighted by Crippen LogP contribution is 2.34. The standard InChI is InChI=1S/C16H22N2O3/c1-12(16(20)17-8-10-21-11-9-17)18-7-6-15(19)13-4-2-3-5-14(13)18/h2-5,12,15,19H,6-11H2,1H3. The zero-order chi connectivity index (χ0) is 14.8. The van der Waals surface area contributed by atoms with Crippen LogP contribution in [-0.2, 0) is 9.53 Å². The Morgan fingerprint density at radius 1 is 1.29 bits per heavy atom. The second-order valence-corrected chi connectivity index (χ2v) is 5.67. The molecule has 1 aromatic carbocycles. The van der Waals surface area contributed by atoms with Crippen molar-refractivity contribution < 1.29 is 14.6 Å².